The van der Waals surface area contributed by atoms with Crippen molar-refractivity contribution in [1.82, 2.24) is 5.32 Å². The molecule has 1 N–H and O–H groups in total. The van der Waals surface area contributed by atoms with Crippen molar-refractivity contribution in [3.63, 3.8) is 0 Å². The molecule has 1 aromatic rings. The van der Waals surface area contributed by atoms with Gasteiger partial charge in [-0.3, -0.25) is 4.79 Å². The monoisotopic (exact) mass is 344 g/mol. The molecule has 0 aromatic heterocycles. The highest BCUT2D eigenvalue weighted by Gasteiger charge is 2.31. The van der Waals surface area contributed by atoms with Gasteiger partial charge in [-0.2, -0.15) is 0 Å². The molecule has 1 heterocycles. The van der Waals surface area contributed by atoms with Crippen molar-refractivity contribution >= 4 is 34.2 Å². The van der Waals surface area contributed by atoms with Crippen LogP contribution in [0.2, 0.25) is 0 Å². The molecule has 1 fully saturated rings. The molecule has 1 aliphatic heterocycles. The molecule has 2 rings (SSSR count). The van der Waals surface area contributed by atoms with Gasteiger partial charge in [0.2, 0.25) is 5.91 Å². The zero-order valence-corrected chi connectivity index (χ0v) is 12.1. The van der Waals surface area contributed by atoms with Crippen LogP contribution in [0.3, 0.4) is 0 Å². The molecular weight excluding hydrogens is 327 g/mol. The van der Waals surface area contributed by atoms with Gasteiger partial charge in [-0.15, -0.1) is 0 Å². The number of nitrogens with zero attached hydrogens (tertiary/aromatic N) is 1. The van der Waals surface area contributed by atoms with Crippen molar-refractivity contribution in [2.45, 2.75) is 25.8 Å². The smallest absolute Gasteiger partial charge is 0.244 e. The summed E-state index contributed by atoms with van der Waals surface area (Å²) < 4.78 is 1.16. The predicted molar refractivity (Wildman–Crippen MR) is 78.2 cm³/mol. The van der Waals surface area contributed by atoms with Crippen LogP contribution in [-0.2, 0) is 4.79 Å². The molecule has 0 aliphatic carbocycles. The number of nitrogens with one attached hydrogen (secondary N) is 1. The number of carbonyl (C=O) groups is 1. The van der Waals surface area contributed by atoms with Crippen LogP contribution in [0.1, 0.15) is 19.8 Å². The van der Waals surface area contributed by atoms with E-state index in [4.69, 9.17) is 0 Å². The Morgan fingerprint density at radius 3 is 3.06 bits per heavy atom. The van der Waals surface area contributed by atoms with Crippen molar-refractivity contribution in [2.24, 2.45) is 0 Å². The third-order valence-electron chi connectivity index (χ3n) is 2.97. The lowest BCUT2D eigenvalue weighted by molar-refractivity contribution is -0.118. The second-order valence-electron chi connectivity index (χ2n) is 4.27. The first-order valence-electron chi connectivity index (χ1n) is 6.02. The maximum absolute atomic E-state index is 12.2. The highest BCUT2D eigenvalue weighted by molar-refractivity contribution is 14.1. The summed E-state index contributed by atoms with van der Waals surface area (Å²) in [6.07, 6.45) is 1.97. The molecular formula is C13H17IN2O. The molecule has 3 nitrogen and oxygen atoms in total. The average Bonchev–Trinajstić information content (AvgIpc) is 2.68. The van der Waals surface area contributed by atoms with E-state index in [1.807, 2.05) is 23.1 Å². The Bertz CT molecular complexity index is 408. The Kier molecular flexibility index (Phi) is 4.39. The molecule has 1 atom stereocenters. The first-order valence-corrected chi connectivity index (χ1v) is 7.10. The van der Waals surface area contributed by atoms with E-state index in [1.54, 1.807) is 0 Å². The van der Waals surface area contributed by atoms with Crippen molar-refractivity contribution in [1.29, 1.82) is 0 Å². The summed E-state index contributed by atoms with van der Waals surface area (Å²) in [5.41, 5.74) is 1.02. The number of hydrogen-bond donors (Lipinski definition) is 1. The Hall–Kier alpha value is -0.620. The molecule has 0 spiro atoms. The fraction of sp³-hybridized carbons (Fsp3) is 0.462. The van der Waals surface area contributed by atoms with E-state index in [0.29, 0.717) is 0 Å². The van der Waals surface area contributed by atoms with Gasteiger partial charge >= 0.3 is 0 Å². The maximum atomic E-state index is 12.2. The summed E-state index contributed by atoms with van der Waals surface area (Å²) in [6.45, 7) is 3.85. The van der Waals surface area contributed by atoms with Crippen molar-refractivity contribution in [2.75, 3.05) is 18.0 Å². The number of amides is 1. The van der Waals surface area contributed by atoms with Gasteiger partial charge in [0.05, 0.1) is 6.04 Å². The van der Waals surface area contributed by atoms with Crippen LogP contribution in [-0.4, -0.2) is 25.0 Å². The molecule has 17 heavy (non-hydrogen) atoms. The lowest BCUT2D eigenvalue weighted by atomic mass is 10.2. The molecule has 92 valence electrons. The minimum absolute atomic E-state index is 0.00724. The summed E-state index contributed by atoms with van der Waals surface area (Å²) in [7, 11) is 0. The van der Waals surface area contributed by atoms with Gasteiger partial charge < -0.3 is 10.2 Å². The quantitative estimate of drug-likeness (QED) is 0.851. The number of benzene rings is 1. The number of anilines is 1. The molecule has 1 aromatic carbocycles. The van der Waals surface area contributed by atoms with Gasteiger partial charge in [0.25, 0.3) is 0 Å². The molecule has 0 radical (unpaired) electrons. The molecule has 0 saturated carbocycles. The van der Waals surface area contributed by atoms with Crippen LogP contribution in [0.5, 0.6) is 0 Å². The van der Waals surface area contributed by atoms with E-state index in [1.165, 1.54) is 0 Å². The fourth-order valence-electron chi connectivity index (χ4n) is 2.09. The second kappa shape index (κ2) is 5.82. The van der Waals surface area contributed by atoms with Crippen LogP contribution in [0.4, 0.5) is 5.69 Å². The van der Waals surface area contributed by atoms with Crippen LogP contribution >= 0.6 is 22.6 Å². The van der Waals surface area contributed by atoms with Gasteiger partial charge in [0.1, 0.15) is 0 Å². The predicted octanol–water partition coefficient (Wildman–Crippen LogP) is 2.40. The number of hydrogen-bond acceptors (Lipinski definition) is 2. The zero-order valence-electron chi connectivity index (χ0n) is 9.95. The van der Waals surface area contributed by atoms with Crippen LogP contribution < -0.4 is 10.2 Å². The van der Waals surface area contributed by atoms with Crippen LogP contribution in [0.25, 0.3) is 0 Å². The number of rotatable bonds is 4. The lowest BCUT2D eigenvalue weighted by Crippen LogP contribution is -2.38. The maximum Gasteiger partial charge on any atom is 0.244 e. The largest absolute Gasteiger partial charge is 0.311 e. The summed E-state index contributed by atoms with van der Waals surface area (Å²) in [4.78, 5) is 14.1. The van der Waals surface area contributed by atoms with Gasteiger partial charge in [-0.25, -0.2) is 0 Å². The Balaban J connectivity index is 2.07. The zero-order chi connectivity index (χ0) is 12.3. The van der Waals surface area contributed by atoms with Gasteiger partial charge in [0.15, 0.2) is 0 Å². The highest BCUT2D eigenvalue weighted by atomic mass is 127. The van der Waals surface area contributed by atoms with Crippen molar-refractivity contribution < 1.29 is 4.79 Å². The van der Waals surface area contributed by atoms with E-state index in [0.717, 1.165) is 35.2 Å². The minimum Gasteiger partial charge on any atom is -0.311 e. The van der Waals surface area contributed by atoms with Crippen LogP contribution in [0.15, 0.2) is 24.3 Å². The molecule has 1 aliphatic rings. The normalized spacial score (nSPS) is 20.0. The van der Waals surface area contributed by atoms with Gasteiger partial charge in [-0.1, -0.05) is 13.0 Å². The molecule has 4 heteroatoms. The average molecular weight is 344 g/mol. The number of halogens is 1. The summed E-state index contributed by atoms with van der Waals surface area (Å²) in [5.74, 6) is 0.209. The summed E-state index contributed by atoms with van der Waals surface area (Å²) >= 11 is 2.27. The third-order valence-corrected chi connectivity index (χ3v) is 3.64. The first kappa shape index (κ1) is 12.8. The molecule has 1 unspecified atom stereocenters. The van der Waals surface area contributed by atoms with E-state index in [2.05, 4.69) is 40.9 Å². The van der Waals surface area contributed by atoms with Gasteiger partial charge in [0, 0.05) is 15.8 Å². The molecule has 1 amide bonds. The van der Waals surface area contributed by atoms with Crippen LogP contribution in [0, 0.1) is 3.57 Å². The first-order chi connectivity index (χ1) is 8.22. The highest BCUT2D eigenvalue weighted by Crippen LogP contribution is 2.23. The van der Waals surface area contributed by atoms with E-state index in [9.17, 15) is 4.79 Å². The standard InChI is InChI=1S/C13H17IN2O/c1-2-7-15-12-6-8-16(13(12)17)11-5-3-4-10(14)9-11/h3-5,9,12,15H,2,6-8H2,1H3. The van der Waals surface area contributed by atoms with Crippen molar-refractivity contribution in [3.8, 4) is 0 Å². The van der Waals surface area contributed by atoms with E-state index < -0.39 is 0 Å². The third kappa shape index (κ3) is 2.98. The SMILES string of the molecule is CCCNC1CCN(c2cccc(I)c2)C1=O. The Morgan fingerprint density at radius 1 is 1.53 bits per heavy atom. The minimum atomic E-state index is 0.00724. The second-order valence-corrected chi connectivity index (χ2v) is 5.51. The molecule has 0 bridgehead atoms. The van der Waals surface area contributed by atoms with Gasteiger partial charge in [-0.05, 0) is 60.2 Å². The fourth-order valence-corrected chi connectivity index (χ4v) is 2.61. The lowest BCUT2D eigenvalue weighted by Gasteiger charge is -2.17. The topological polar surface area (TPSA) is 32.3 Å². The number of carbonyl (C=O) groups excluding carboxylic acids is 1. The summed E-state index contributed by atoms with van der Waals surface area (Å²) in [6, 6.07) is 8.10. The Labute approximate surface area is 116 Å². The van der Waals surface area contributed by atoms with Crippen molar-refractivity contribution in [3.05, 3.63) is 27.8 Å². The van der Waals surface area contributed by atoms with E-state index in [-0.39, 0.29) is 11.9 Å². The Morgan fingerprint density at radius 2 is 2.35 bits per heavy atom. The summed E-state index contributed by atoms with van der Waals surface area (Å²) in [5, 5.41) is 3.30. The molecule has 1 saturated heterocycles. The van der Waals surface area contributed by atoms with E-state index >= 15 is 0 Å².